The Hall–Kier alpha value is -1.99. The summed E-state index contributed by atoms with van der Waals surface area (Å²) < 4.78 is 7.45. The Labute approximate surface area is 181 Å². The molecule has 0 unspecified atom stereocenters. The lowest BCUT2D eigenvalue weighted by Crippen LogP contribution is -2.33. The van der Waals surface area contributed by atoms with Gasteiger partial charge in [-0.15, -0.1) is 11.3 Å². The van der Waals surface area contributed by atoms with Gasteiger partial charge in [-0.25, -0.2) is 15.0 Å². The Bertz CT molecular complexity index is 1110. The van der Waals surface area contributed by atoms with Crippen molar-refractivity contribution in [1.29, 1.82) is 0 Å². The summed E-state index contributed by atoms with van der Waals surface area (Å²) in [6.45, 7) is 9.40. The van der Waals surface area contributed by atoms with Crippen molar-refractivity contribution in [2.75, 3.05) is 36.0 Å². The van der Waals surface area contributed by atoms with Crippen molar-refractivity contribution >= 4 is 43.4 Å². The highest BCUT2D eigenvalue weighted by molar-refractivity contribution is 7.26. The number of fused-ring (bicyclic) bond motifs is 5. The number of hydrogen-bond acceptors (Lipinski definition) is 7. The molecule has 6 rings (SSSR count). The van der Waals surface area contributed by atoms with Crippen molar-refractivity contribution in [2.24, 2.45) is 0 Å². The number of nitrogens with zero attached hydrogens (tertiary/aromatic N) is 5. The molecule has 0 atom stereocenters. The molecule has 6 heterocycles. The van der Waals surface area contributed by atoms with Crippen LogP contribution in [0.2, 0.25) is 0 Å². The first kappa shape index (κ1) is 18.8. The van der Waals surface area contributed by atoms with E-state index in [-0.39, 0.29) is 5.60 Å². The molecule has 0 amide bonds. The molecular weight excluding hydrogens is 394 g/mol. The maximum Gasteiger partial charge on any atom is 0.150 e. The number of aromatic nitrogens is 3. The minimum Gasteiger partial charge on any atom is -0.370 e. The third kappa shape index (κ3) is 2.97. The monoisotopic (exact) mass is 423 g/mol. The van der Waals surface area contributed by atoms with E-state index in [1.807, 2.05) is 0 Å². The van der Waals surface area contributed by atoms with Crippen LogP contribution in [0.15, 0.2) is 6.33 Å². The Morgan fingerprint density at radius 2 is 1.60 bits per heavy atom. The summed E-state index contributed by atoms with van der Waals surface area (Å²) in [5.41, 5.74) is 3.59. The summed E-state index contributed by atoms with van der Waals surface area (Å²) in [5, 5.41) is 1.24. The number of ether oxygens (including phenoxy) is 1. The van der Waals surface area contributed by atoms with Crippen molar-refractivity contribution in [1.82, 2.24) is 15.0 Å². The van der Waals surface area contributed by atoms with Gasteiger partial charge in [-0.3, -0.25) is 0 Å². The van der Waals surface area contributed by atoms with Crippen LogP contribution in [0.4, 0.5) is 11.6 Å². The van der Waals surface area contributed by atoms with Crippen molar-refractivity contribution in [3.63, 3.8) is 0 Å². The Morgan fingerprint density at radius 3 is 2.37 bits per heavy atom. The first-order chi connectivity index (χ1) is 14.6. The molecular formula is C23H29N5OS. The molecule has 2 fully saturated rings. The van der Waals surface area contributed by atoms with E-state index in [1.165, 1.54) is 53.3 Å². The highest BCUT2D eigenvalue weighted by Gasteiger charge is 2.33. The lowest BCUT2D eigenvalue weighted by molar-refractivity contribution is -0.0395. The Morgan fingerprint density at radius 1 is 0.900 bits per heavy atom. The van der Waals surface area contributed by atoms with Gasteiger partial charge in [-0.05, 0) is 51.5 Å². The SMILES string of the molecule is CC1(C)Cc2c(c(N3CCCC3)nc3sc4c(N5CCCCC5)ncnc4c23)CO1. The van der Waals surface area contributed by atoms with E-state index < -0.39 is 0 Å². The minimum atomic E-state index is -0.166. The molecule has 0 bridgehead atoms. The first-order valence-corrected chi connectivity index (χ1v) is 12.2. The summed E-state index contributed by atoms with van der Waals surface area (Å²) in [6, 6.07) is 0. The van der Waals surface area contributed by atoms with E-state index in [0.717, 1.165) is 54.6 Å². The van der Waals surface area contributed by atoms with E-state index in [1.54, 1.807) is 17.7 Å². The second-order valence-electron chi connectivity index (χ2n) is 9.52. The molecule has 30 heavy (non-hydrogen) atoms. The van der Waals surface area contributed by atoms with Crippen LogP contribution in [-0.2, 0) is 17.8 Å². The molecule has 0 N–H and O–H groups in total. The van der Waals surface area contributed by atoms with E-state index in [4.69, 9.17) is 19.7 Å². The average molecular weight is 424 g/mol. The van der Waals surface area contributed by atoms with Crippen LogP contribution in [0.25, 0.3) is 20.4 Å². The molecule has 0 aromatic carbocycles. The van der Waals surface area contributed by atoms with Gasteiger partial charge in [0, 0.05) is 43.5 Å². The van der Waals surface area contributed by atoms with Gasteiger partial charge in [0.25, 0.3) is 0 Å². The number of thiophene rings is 1. The van der Waals surface area contributed by atoms with Crippen molar-refractivity contribution in [3.05, 3.63) is 17.5 Å². The molecule has 3 aliphatic rings. The molecule has 3 aromatic rings. The van der Waals surface area contributed by atoms with Crippen LogP contribution in [-0.4, -0.2) is 46.7 Å². The third-order valence-corrected chi connectivity index (χ3v) is 7.92. The quantitative estimate of drug-likeness (QED) is 0.596. The second kappa shape index (κ2) is 7.02. The van der Waals surface area contributed by atoms with Gasteiger partial charge in [0.1, 0.15) is 22.8 Å². The van der Waals surface area contributed by atoms with Gasteiger partial charge in [0.05, 0.1) is 22.4 Å². The molecule has 6 nitrogen and oxygen atoms in total. The summed E-state index contributed by atoms with van der Waals surface area (Å²) in [5.74, 6) is 2.25. The number of rotatable bonds is 2. The predicted octanol–water partition coefficient (Wildman–Crippen LogP) is 4.68. The molecule has 2 saturated heterocycles. The van der Waals surface area contributed by atoms with Gasteiger partial charge in [-0.2, -0.15) is 0 Å². The summed E-state index contributed by atoms with van der Waals surface area (Å²) in [6.07, 6.45) is 8.96. The second-order valence-corrected chi connectivity index (χ2v) is 10.5. The van der Waals surface area contributed by atoms with Crippen LogP contribution < -0.4 is 9.80 Å². The maximum atomic E-state index is 6.24. The Kier molecular flexibility index (Phi) is 4.39. The van der Waals surface area contributed by atoms with Gasteiger partial charge < -0.3 is 14.5 Å². The fraction of sp³-hybridized carbons (Fsp3) is 0.609. The molecule has 0 radical (unpaired) electrons. The molecule has 158 valence electrons. The van der Waals surface area contributed by atoms with Crippen LogP contribution in [0.5, 0.6) is 0 Å². The number of hydrogen-bond donors (Lipinski definition) is 0. The summed E-state index contributed by atoms with van der Waals surface area (Å²) in [4.78, 5) is 20.8. The fourth-order valence-electron chi connectivity index (χ4n) is 5.30. The van der Waals surface area contributed by atoms with Crippen LogP contribution in [0, 0.1) is 0 Å². The van der Waals surface area contributed by atoms with Gasteiger partial charge in [0.2, 0.25) is 0 Å². The van der Waals surface area contributed by atoms with E-state index in [2.05, 4.69) is 23.6 Å². The topological polar surface area (TPSA) is 54.4 Å². The number of anilines is 2. The first-order valence-electron chi connectivity index (χ1n) is 11.3. The normalized spacial score (nSPS) is 21.5. The molecule has 0 aliphatic carbocycles. The average Bonchev–Trinajstić information content (AvgIpc) is 3.40. The van der Waals surface area contributed by atoms with E-state index in [9.17, 15) is 0 Å². The van der Waals surface area contributed by atoms with E-state index >= 15 is 0 Å². The zero-order chi connectivity index (χ0) is 20.3. The smallest absolute Gasteiger partial charge is 0.150 e. The van der Waals surface area contributed by atoms with E-state index in [0.29, 0.717) is 6.61 Å². The number of pyridine rings is 1. The molecule has 3 aromatic heterocycles. The summed E-state index contributed by atoms with van der Waals surface area (Å²) >= 11 is 1.78. The zero-order valence-electron chi connectivity index (χ0n) is 17.9. The predicted molar refractivity (Wildman–Crippen MR) is 123 cm³/mol. The van der Waals surface area contributed by atoms with Crippen molar-refractivity contribution in [2.45, 2.75) is 64.6 Å². The fourth-order valence-corrected chi connectivity index (χ4v) is 6.47. The highest BCUT2D eigenvalue weighted by atomic mass is 32.1. The van der Waals surface area contributed by atoms with Crippen LogP contribution in [0.3, 0.4) is 0 Å². The lowest BCUT2D eigenvalue weighted by Gasteiger charge is -2.34. The van der Waals surface area contributed by atoms with Crippen LogP contribution in [0.1, 0.15) is 57.1 Å². The lowest BCUT2D eigenvalue weighted by atomic mass is 9.90. The van der Waals surface area contributed by atoms with Gasteiger partial charge in [0.15, 0.2) is 0 Å². The molecule has 7 heteroatoms. The molecule has 0 spiro atoms. The zero-order valence-corrected chi connectivity index (χ0v) is 18.7. The Balaban J connectivity index is 1.60. The van der Waals surface area contributed by atoms with Gasteiger partial charge >= 0.3 is 0 Å². The van der Waals surface area contributed by atoms with Gasteiger partial charge in [-0.1, -0.05) is 0 Å². The van der Waals surface area contributed by atoms with Crippen molar-refractivity contribution < 1.29 is 4.74 Å². The molecule has 0 saturated carbocycles. The van der Waals surface area contributed by atoms with Crippen molar-refractivity contribution in [3.8, 4) is 0 Å². The molecule has 3 aliphatic heterocycles. The highest BCUT2D eigenvalue weighted by Crippen LogP contribution is 2.45. The minimum absolute atomic E-state index is 0.166. The maximum absolute atomic E-state index is 6.24. The summed E-state index contributed by atoms with van der Waals surface area (Å²) in [7, 11) is 0. The van der Waals surface area contributed by atoms with Crippen LogP contribution >= 0.6 is 11.3 Å². The third-order valence-electron chi connectivity index (χ3n) is 6.85. The standard InChI is InChI=1S/C23H29N5OS/c1-23(2)12-15-16(13-29-23)20(27-10-6-7-11-27)26-22-17(15)18-19(30-22)21(25-14-24-18)28-8-4-3-5-9-28/h14H,3-13H2,1-2H3. The largest absolute Gasteiger partial charge is 0.370 e. The number of piperidine rings is 1.